The standard InChI is InChI=1S/C11H7Cl2N3O2S2/c12-10-4-9(11(13)19-10)20(17,18)16-8-3-1-2-7-6(8)5-14-15-7/h1-5,16H,(H,14,15). The number of benzene rings is 1. The molecule has 2 heterocycles. The summed E-state index contributed by atoms with van der Waals surface area (Å²) in [6.45, 7) is 0. The molecule has 0 unspecified atom stereocenters. The van der Waals surface area contributed by atoms with Crippen molar-refractivity contribution in [1.29, 1.82) is 0 Å². The average Bonchev–Trinajstić information content (AvgIpc) is 2.96. The number of halogens is 2. The summed E-state index contributed by atoms with van der Waals surface area (Å²) in [6.07, 6.45) is 1.55. The van der Waals surface area contributed by atoms with Gasteiger partial charge >= 0.3 is 0 Å². The van der Waals surface area contributed by atoms with E-state index in [1.165, 1.54) is 6.07 Å². The lowest BCUT2D eigenvalue weighted by atomic mass is 10.2. The van der Waals surface area contributed by atoms with Gasteiger partial charge in [-0.1, -0.05) is 29.3 Å². The average molecular weight is 348 g/mol. The number of H-pyrrole nitrogens is 1. The number of hydrogen-bond donors (Lipinski definition) is 2. The Labute approximate surface area is 128 Å². The third kappa shape index (κ3) is 2.37. The summed E-state index contributed by atoms with van der Waals surface area (Å²) >= 11 is 12.7. The topological polar surface area (TPSA) is 74.8 Å². The zero-order chi connectivity index (χ0) is 14.3. The van der Waals surface area contributed by atoms with E-state index in [0.29, 0.717) is 15.4 Å². The molecular weight excluding hydrogens is 341 g/mol. The van der Waals surface area contributed by atoms with E-state index < -0.39 is 10.0 Å². The molecule has 2 aromatic heterocycles. The van der Waals surface area contributed by atoms with Gasteiger partial charge in [-0.15, -0.1) is 11.3 Å². The van der Waals surface area contributed by atoms with Crippen LogP contribution in [0, 0.1) is 0 Å². The van der Waals surface area contributed by atoms with Gasteiger partial charge in [0.15, 0.2) is 0 Å². The molecule has 0 saturated carbocycles. The summed E-state index contributed by atoms with van der Waals surface area (Å²) < 4.78 is 27.6. The molecule has 5 nitrogen and oxygen atoms in total. The Morgan fingerprint density at radius 1 is 1.30 bits per heavy atom. The van der Waals surface area contributed by atoms with Crippen LogP contribution in [0.2, 0.25) is 8.67 Å². The Morgan fingerprint density at radius 2 is 2.10 bits per heavy atom. The smallest absolute Gasteiger partial charge is 0.264 e. The van der Waals surface area contributed by atoms with Crippen LogP contribution >= 0.6 is 34.5 Å². The van der Waals surface area contributed by atoms with Gasteiger partial charge in [0.05, 0.1) is 21.7 Å². The maximum absolute atomic E-state index is 12.3. The molecule has 20 heavy (non-hydrogen) atoms. The first-order valence-electron chi connectivity index (χ1n) is 5.37. The highest BCUT2D eigenvalue weighted by atomic mass is 35.5. The molecule has 3 aromatic rings. The Hall–Kier alpha value is -1.28. The summed E-state index contributed by atoms with van der Waals surface area (Å²) in [5.41, 5.74) is 1.16. The molecule has 0 saturated heterocycles. The van der Waals surface area contributed by atoms with Crippen molar-refractivity contribution >= 4 is 61.2 Å². The number of fused-ring (bicyclic) bond motifs is 1. The van der Waals surface area contributed by atoms with Crippen LogP contribution in [0.15, 0.2) is 35.4 Å². The van der Waals surface area contributed by atoms with Crippen LogP contribution in [-0.4, -0.2) is 18.6 Å². The molecular formula is C11H7Cl2N3O2S2. The first-order chi connectivity index (χ1) is 9.47. The largest absolute Gasteiger partial charge is 0.279 e. The number of rotatable bonds is 3. The van der Waals surface area contributed by atoms with Crippen LogP contribution in [0.3, 0.4) is 0 Å². The molecule has 0 radical (unpaired) electrons. The summed E-state index contributed by atoms with van der Waals surface area (Å²) in [6, 6.07) is 6.50. The fourth-order valence-corrected chi connectivity index (χ4v) is 5.00. The van der Waals surface area contributed by atoms with E-state index in [4.69, 9.17) is 23.2 Å². The lowest BCUT2D eigenvalue weighted by Gasteiger charge is -2.07. The predicted octanol–water partition coefficient (Wildman–Crippen LogP) is 3.73. The van der Waals surface area contributed by atoms with Crippen LogP contribution < -0.4 is 4.72 Å². The Balaban J connectivity index is 2.06. The number of sulfonamides is 1. The van der Waals surface area contributed by atoms with Crippen LogP contribution in [-0.2, 0) is 10.0 Å². The van der Waals surface area contributed by atoms with Crippen molar-refractivity contribution in [2.45, 2.75) is 4.90 Å². The van der Waals surface area contributed by atoms with Gasteiger partial charge in [0.2, 0.25) is 0 Å². The highest BCUT2D eigenvalue weighted by molar-refractivity contribution is 7.93. The Bertz CT molecular complexity index is 886. The summed E-state index contributed by atoms with van der Waals surface area (Å²) in [4.78, 5) is -0.0327. The molecule has 0 aliphatic carbocycles. The molecule has 2 N–H and O–H groups in total. The van der Waals surface area contributed by atoms with E-state index in [1.807, 2.05) is 0 Å². The maximum atomic E-state index is 12.3. The number of nitrogens with zero attached hydrogens (tertiary/aromatic N) is 1. The van der Waals surface area contributed by atoms with Crippen molar-refractivity contribution in [3.8, 4) is 0 Å². The number of anilines is 1. The van der Waals surface area contributed by atoms with Crippen molar-refractivity contribution in [2.75, 3.05) is 4.72 Å². The van der Waals surface area contributed by atoms with Gasteiger partial charge < -0.3 is 0 Å². The van der Waals surface area contributed by atoms with Gasteiger partial charge in [-0.2, -0.15) is 5.10 Å². The fourth-order valence-electron chi connectivity index (χ4n) is 1.77. The zero-order valence-electron chi connectivity index (χ0n) is 9.72. The second-order valence-corrected chi connectivity index (χ2v) is 7.87. The maximum Gasteiger partial charge on any atom is 0.264 e. The first kappa shape index (κ1) is 13.7. The van der Waals surface area contributed by atoms with E-state index in [9.17, 15) is 8.42 Å². The zero-order valence-corrected chi connectivity index (χ0v) is 12.9. The monoisotopic (exact) mass is 347 g/mol. The SMILES string of the molecule is O=S(=O)(Nc1cccc2[nH]ncc12)c1cc(Cl)sc1Cl. The molecule has 9 heteroatoms. The highest BCUT2D eigenvalue weighted by Crippen LogP contribution is 2.35. The second kappa shape index (κ2) is 4.92. The van der Waals surface area contributed by atoms with Gasteiger partial charge in [-0.25, -0.2) is 8.42 Å². The van der Waals surface area contributed by atoms with E-state index >= 15 is 0 Å². The van der Waals surface area contributed by atoms with Gasteiger partial charge in [-0.05, 0) is 18.2 Å². The first-order valence-corrected chi connectivity index (χ1v) is 8.43. The van der Waals surface area contributed by atoms with Crippen LogP contribution in [0.4, 0.5) is 5.69 Å². The highest BCUT2D eigenvalue weighted by Gasteiger charge is 2.22. The molecule has 0 aliphatic rings. The number of hydrogen-bond acceptors (Lipinski definition) is 4. The molecule has 0 atom stereocenters. The molecule has 0 spiro atoms. The minimum atomic E-state index is -3.79. The third-order valence-corrected chi connectivity index (χ3v) is 5.76. The normalized spacial score (nSPS) is 11.9. The quantitative estimate of drug-likeness (QED) is 0.757. The summed E-state index contributed by atoms with van der Waals surface area (Å²) in [5.74, 6) is 0. The van der Waals surface area contributed by atoms with Crippen molar-refractivity contribution < 1.29 is 8.42 Å². The van der Waals surface area contributed by atoms with Crippen molar-refractivity contribution in [3.63, 3.8) is 0 Å². The lowest BCUT2D eigenvalue weighted by Crippen LogP contribution is -2.12. The predicted molar refractivity (Wildman–Crippen MR) is 81.2 cm³/mol. The third-order valence-electron chi connectivity index (χ3n) is 2.64. The lowest BCUT2D eigenvalue weighted by molar-refractivity contribution is 0.601. The Kier molecular flexibility index (Phi) is 3.37. The summed E-state index contributed by atoms with van der Waals surface area (Å²) in [7, 11) is -3.79. The van der Waals surface area contributed by atoms with Crippen molar-refractivity contribution in [1.82, 2.24) is 10.2 Å². The van der Waals surface area contributed by atoms with Gasteiger partial charge in [-0.3, -0.25) is 9.82 Å². The van der Waals surface area contributed by atoms with E-state index in [2.05, 4.69) is 14.9 Å². The molecule has 0 bridgehead atoms. The van der Waals surface area contributed by atoms with Gasteiger partial charge in [0, 0.05) is 5.39 Å². The molecule has 0 amide bonds. The molecule has 104 valence electrons. The van der Waals surface area contributed by atoms with E-state index in [-0.39, 0.29) is 9.23 Å². The molecule has 3 rings (SSSR count). The number of thiophene rings is 1. The Morgan fingerprint density at radius 3 is 2.80 bits per heavy atom. The van der Waals surface area contributed by atoms with E-state index in [1.54, 1.807) is 24.4 Å². The fraction of sp³-hybridized carbons (Fsp3) is 0. The number of aromatic amines is 1. The van der Waals surface area contributed by atoms with Crippen molar-refractivity contribution in [2.24, 2.45) is 0 Å². The summed E-state index contributed by atoms with van der Waals surface area (Å²) in [5, 5.41) is 7.33. The van der Waals surface area contributed by atoms with Gasteiger partial charge in [0.1, 0.15) is 9.23 Å². The molecule has 0 aliphatic heterocycles. The van der Waals surface area contributed by atoms with Crippen LogP contribution in [0.5, 0.6) is 0 Å². The number of aromatic nitrogens is 2. The molecule has 0 fully saturated rings. The van der Waals surface area contributed by atoms with E-state index in [0.717, 1.165) is 16.9 Å². The van der Waals surface area contributed by atoms with Crippen molar-refractivity contribution in [3.05, 3.63) is 39.1 Å². The van der Waals surface area contributed by atoms with Gasteiger partial charge in [0.25, 0.3) is 10.0 Å². The minimum Gasteiger partial charge on any atom is -0.279 e. The minimum absolute atomic E-state index is 0.0327. The molecule has 1 aromatic carbocycles. The van der Waals surface area contributed by atoms with Crippen LogP contribution in [0.1, 0.15) is 0 Å². The van der Waals surface area contributed by atoms with Crippen LogP contribution in [0.25, 0.3) is 10.9 Å². The second-order valence-electron chi connectivity index (χ2n) is 3.93. The number of nitrogens with one attached hydrogen (secondary N) is 2.